The lowest BCUT2D eigenvalue weighted by atomic mass is 10.2. The minimum absolute atomic E-state index is 0.134. The highest BCUT2D eigenvalue weighted by atomic mass is 35.5. The van der Waals surface area contributed by atoms with Gasteiger partial charge in [-0.3, -0.25) is 4.98 Å². The maximum atomic E-state index is 13.8. The standard InChI is InChI=1S/C17H18ClFN4O/c18-14-4-2-1-3-13(14)11-21-17(24)23-9-7-22(8-10-23)16-5-6-20-12-15(16)19/h1-6,12H,7-11H2,(H,21,24). The van der Waals surface area contributed by atoms with Crippen LogP contribution in [-0.4, -0.2) is 42.1 Å². The third kappa shape index (κ3) is 3.76. The second kappa shape index (κ2) is 7.49. The van der Waals surface area contributed by atoms with E-state index in [9.17, 15) is 9.18 Å². The van der Waals surface area contributed by atoms with Gasteiger partial charge >= 0.3 is 6.03 Å². The smallest absolute Gasteiger partial charge is 0.317 e. The van der Waals surface area contributed by atoms with Crippen molar-refractivity contribution in [3.05, 3.63) is 59.1 Å². The van der Waals surface area contributed by atoms with Gasteiger partial charge < -0.3 is 15.1 Å². The third-order valence-electron chi connectivity index (χ3n) is 4.05. The van der Waals surface area contributed by atoms with E-state index in [0.29, 0.717) is 43.4 Å². The number of hydrogen-bond acceptors (Lipinski definition) is 3. The maximum absolute atomic E-state index is 13.8. The first-order chi connectivity index (χ1) is 11.6. The first-order valence-electron chi connectivity index (χ1n) is 7.76. The Balaban J connectivity index is 1.52. The van der Waals surface area contributed by atoms with E-state index < -0.39 is 0 Å². The summed E-state index contributed by atoms with van der Waals surface area (Å²) >= 11 is 6.08. The average molecular weight is 349 g/mol. The molecule has 5 nitrogen and oxygen atoms in total. The lowest BCUT2D eigenvalue weighted by Gasteiger charge is -2.36. The Labute approximate surface area is 145 Å². The number of carbonyl (C=O) groups excluding carboxylic acids is 1. The van der Waals surface area contributed by atoms with Gasteiger partial charge in [0.1, 0.15) is 0 Å². The molecule has 1 aromatic carbocycles. The van der Waals surface area contributed by atoms with Crippen LogP contribution in [0.4, 0.5) is 14.9 Å². The van der Waals surface area contributed by atoms with Crippen molar-refractivity contribution in [2.24, 2.45) is 0 Å². The molecule has 2 heterocycles. The molecule has 0 unspecified atom stereocenters. The van der Waals surface area contributed by atoms with E-state index in [-0.39, 0.29) is 11.8 Å². The first-order valence-corrected chi connectivity index (χ1v) is 8.13. The van der Waals surface area contributed by atoms with Gasteiger partial charge in [0.05, 0.1) is 11.9 Å². The molecule has 0 atom stereocenters. The summed E-state index contributed by atoms with van der Waals surface area (Å²) in [4.78, 5) is 19.7. The molecular weight excluding hydrogens is 331 g/mol. The fourth-order valence-electron chi connectivity index (χ4n) is 2.70. The Morgan fingerprint density at radius 3 is 2.67 bits per heavy atom. The van der Waals surface area contributed by atoms with Crippen molar-refractivity contribution in [1.29, 1.82) is 0 Å². The van der Waals surface area contributed by atoms with Gasteiger partial charge in [0.25, 0.3) is 0 Å². The Morgan fingerprint density at radius 1 is 1.21 bits per heavy atom. The number of nitrogens with zero attached hydrogens (tertiary/aromatic N) is 3. The van der Waals surface area contributed by atoms with Crippen LogP contribution in [0.2, 0.25) is 5.02 Å². The molecule has 1 N–H and O–H groups in total. The number of amides is 2. The van der Waals surface area contributed by atoms with Crippen LogP contribution >= 0.6 is 11.6 Å². The summed E-state index contributed by atoms with van der Waals surface area (Å²) in [5.41, 5.74) is 1.41. The third-order valence-corrected chi connectivity index (χ3v) is 4.42. The van der Waals surface area contributed by atoms with Gasteiger partial charge in [-0.05, 0) is 17.7 Å². The first kappa shape index (κ1) is 16.5. The van der Waals surface area contributed by atoms with Gasteiger partial charge in [0, 0.05) is 43.9 Å². The van der Waals surface area contributed by atoms with Gasteiger partial charge in [-0.1, -0.05) is 29.8 Å². The van der Waals surface area contributed by atoms with E-state index in [0.717, 1.165) is 5.56 Å². The predicted molar refractivity (Wildman–Crippen MR) is 91.7 cm³/mol. The second-order valence-corrected chi connectivity index (χ2v) is 5.96. The molecular formula is C17H18ClFN4O. The molecule has 1 fully saturated rings. The van der Waals surface area contributed by atoms with Crippen LogP contribution in [0.5, 0.6) is 0 Å². The van der Waals surface area contributed by atoms with E-state index in [4.69, 9.17) is 11.6 Å². The van der Waals surface area contributed by atoms with E-state index in [2.05, 4.69) is 10.3 Å². The van der Waals surface area contributed by atoms with Crippen molar-refractivity contribution < 1.29 is 9.18 Å². The van der Waals surface area contributed by atoms with Crippen molar-refractivity contribution in [2.75, 3.05) is 31.1 Å². The Bertz CT molecular complexity index is 719. The molecule has 1 saturated heterocycles. The van der Waals surface area contributed by atoms with Gasteiger partial charge in [-0.2, -0.15) is 0 Å². The molecule has 0 radical (unpaired) electrons. The zero-order valence-corrected chi connectivity index (χ0v) is 13.8. The van der Waals surface area contributed by atoms with Crippen LogP contribution < -0.4 is 10.2 Å². The normalized spacial score (nSPS) is 14.6. The van der Waals surface area contributed by atoms with E-state index in [1.807, 2.05) is 23.1 Å². The molecule has 1 aromatic heterocycles. The van der Waals surface area contributed by atoms with Crippen LogP contribution in [0.3, 0.4) is 0 Å². The minimum atomic E-state index is -0.339. The summed E-state index contributed by atoms with van der Waals surface area (Å²) in [6.07, 6.45) is 2.78. The van der Waals surface area contributed by atoms with Crippen molar-refractivity contribution in [2.45, 2.75) is 6.54 Å². The molecule has 1 aliphatic rings. The molecule has 24 heavy (non-hydrogen) atoms. The maximum Gasteiger partial charge on any atom is 0.317 e. The quantitative estimate of drug-likeness (QED) is 0.927. The molecule has 7 heteroatoms. The molecule has 0 spiro atoms. The SMILES string of the molecule is O=C(NCc1ccccc1Cl)N1CCN(c2ccncc2F)CC1. The molecule has 2 amide bonds. The number of urea groups is 1. The minimum Gasteiger partial charge on any atom is -0.366 e. The van der Waals surface area contributed by atoms with Crippen molar-refractivity contribution >= 4 is 23.3 Å². The highest BCUT2D eigenvalue weighted by molar-refractivity contribution is 6.31. The van der Waals surface area contributed by atoms with Crippen molar-refractivity contribution in [3.63, 3.8) is 0 Å². The van der Waals surface area contributed by atoms with Gasteiger partial charge in [0.2, 0.25) is 0 Å². The Hall–Kier alpha value is -2.34. The number of pyridine rings is 1. The summed E-state index contributed by atoms with van der Waals surface area (Å²) in [7, 11) is 0. The highest BCUT2D eigenvalue weighted by Crippen LogP contribution is 2.19. The fourth-order valence-corrected chi connectivity index (χ4v) is 2.90. The number of halogens is 2. The summed E-state index contributed by atoms with van der Waals surface area (Å²) in [6.45, 7) is 2.63. The number of nitrogens with one attached hydrogen (secondary N) is 1. The summed E-state index contributed by atoms with van der Waals surface area (Å²) < 4.78 is 13.8. The zero-order chi connectivity index (χ0) is 16.9. The fraction of sp³-hybridized carbons (Fsp3) is 0.294. The number of hydrogen-bond donors (Lipinski definition) is 1. The highest BCUT2D eigenvalue weighted by Gasteiger charge is 2.22. The summed E-state index contributed by atoms with van der Waals surface area (Å²) in [5.74, 6) is -0.339. The lowest BCUT2D eigenvalue weighted by molar-refractivity contribution is 0.194. The van der Waals surface area contributed by atoms with Gasteiger partial charge in [-0.15, -0.1) is 0 Å². The molecule has 0 aliphatic carbocycles. The van der Waals surface area contributed by atoms with Crippen LogP contribution in [0.25, 0.3) is 0 Å². The van der Waals surface area contributed by atoms with Crippen LogP contribution in [-0.2, 0) is 6.54 Å². The second-order valence-electron chi connectivity index (χ2n) is 5.55. The van der Waals surface area contributed by atoms with Crippen LogP contribution in [0, 0.1) is 5.82 Å². The van der Waals surface area contributed by atoms with E-state index in [1.165, 1.54) is 6.20 Å². The Morgan fingerprint density at radius 2 is 1.96 bits per heavy atom. The summed E-state index contributed by atoms with van der Waals surface area (Å²) in [5, 5.41) is 3.51. The number of carbonyl (C=O) groups is 1. The summed E-state index contributed by atoms with van der Waals surface area (Å²) in [6, 6.07) is 8.94. The molecule has 2 aromatic rings. The number of aromatic nitrogens is 1. The van der Waals surface area contributed by atoms with E-state index >= 15 is 0 Å². The molecule has 3 rings (SSSR count). The van der Waals surface area contributed by atoms with Gasteiger partial charge in [0.15, 0.2) is 5.82 Å². The van der Waals surface area contributed by atoms with Crippen LogP contribution in [0.1, 0.15) is 5.56 Å². The number of piperazine rings is 1. The van der Waals surface area contributed by atoms with Gasteiger partial charge in [-0.25, -0.2) is 9.18 Å². The Kier molecular flexibility index (Phi) is 5.15. The van der Waals surface area contributed by atoms with Crippen LogP contribution in [0.15, 0.2) is 42.7 Å². The topological polar surface area (TPSA) is 48.5 Å². The molecule has 0 saturated carbocycles. The number of anilines is 1. The van der Waals surface area contributed by atoms with Crippen molar-refractivity contribution in [1.82, 2.24) is 15.2 Å². The zero-order valence-electron chi connectivity index (χ0n) is 13.1. The average Bonchev–Trinajstić information content (AvgIpc) is 2.61. The molecule has 126 valence electrons. The lowest BCUT2D eigenvalue weighted by Crippen LogP contribution is -2.51. The van der Waals surface area contributed by atoms with E-state index in [1.54, 1.807) is 23.2 Å². The molecule has 0 bridgehead atoms. The molecule has 1 aliphatic heterocycles. The number of benzene rings is 1. The van der Waals surface area contributed by atoms with Crippen molar-refractivity contribution in [3.8, 4) is 0 Å². The largest absolute Gasteiger partial charge is 0.366 e. The number of rotatable bonds is 3. The predicted octanol–water partition coefficient (Wildman–Crippen LogP) is 2.91. The monoisotopic (exact) mass is 348 g/mol.